The van der Waals surface area contributed by atoms with Crippen molar-refractivity contribution in [3.8, 4) is 6.07 Å². The van der Waals surface area contributed by atoms with Gasteiger partial charge in [-0.05, 0) is 40.3 Å². The van der Waals surface area contributed by atoms with Gasteiger partial charge >= 0.3 is 0 Å². The molecule has 0 saturated carbocycles. The van der Waals surface area contributed by atoms with E-state index in [1.807, 2.05) is 6.07 Å². The second kappa shape index (κ2) is 4.21. The Bertz CT molecular complexity index is 320. The minimum Gasteiger partial charge on any atom is -0.326 e. The summed E-state index contributed by atoms with van der Waals surface area (Å²) >= 11 is 5.54. The van der Waals surface area contributed by atoms with Crippen LogP contribution >= 0.6 is 38.5 Å². The van der Waals surface area contributed by atoms with Gasteiger partial charge in [0.1, 0.15) is 0 Å². The standard InChI is InChI=1S/C8H6BrIN2/c9-7-1-5(3-11)2-8(10)6(7)4-12/h1-2H,4,12H2. The fourth-order valence-electron chi connectivity index (χ4n) is 0.863. The van der Waals surface area contributed by atoms with Crippen LogP contribution in [-0.4, -0.2) is 0 Å². The molecule has 12 heavy (non-hydrogen) atoms. The zero-order valence-corrected chi connectivity index (χ0v) is 9.89. The van der Waals surface area contributed by atoms with Crippen molar-refractivity contribution in [3.63, 3.8) is 0 Å². The molecule has 0 aromatic heterocycles. The second-order valence-electron chi connectivity index (χ2n) is 2.23. The van der Waals surface area contributed by atoms with Crippen LogP contribution in [0.1, 0.15) is 11.1 Å². The predicted octanol–water partition coefficient (Wildman–Crippen LogP) is 2.38. The first-order valence-electron chi connectivity index (χ1n) is 3.27. The molecule has 0 aliphatic rings. The van der Waals surface area contributed by atoms with Crippen molar-refractivity contribution in [1.29, 1.82) is 5.26 Å². The highest BCUT2D eigenvalue weighted by atomic mass is 127. The Kier molecular flexibility index (Phi) is 3.50. The van der Waals surface area contributed by atoms with Gasteiger partial charge in [-0.1, -0.05) is 15.9 Å². The largest absolute Gasteiger partial charge is 0.326 e. The Morgan fingerprint density at radius 2 is 2.25 bits per heavy atom. The van der Waals surface area contributed by atoms with Gasteiger partial charge in [0.15, 0.2) is 0 Å². The van der Waals surface area contributed by atoms with Gasteiger partial charge in [-0.15, -0.1) is 0 Å². The predicted molar refractivity (Wildman–Crippen MR) is 59.5 cm³/mol. The van der Waals surface area contributed by atoms with Gasteiger partial charge < -0.3 is 5.73 Å². The number of nitrogens with zero attached hydrogens (tertiary/aromatic N) is 1. The van der Waals surface area contributed by atoms with Crippen molar-refractivity contribution in [1.82, 2.24) is 0 Å². The summed E-state index contributed by atoms with van der Waals surface area (Å²) in [7, 11) is 0. The molecule has 0 spiro atoms. The number of halogens is 2. The molecule has 0 amide bonds. The van der Waals surface area contributed by atoms with E-state index in [0.29, 0.717) is 12.1 Å². The molecule has 0 saturated heterocycles. The number of rotatable bonds is 1. The average molecular weight is 337 g/mol. The van der Waals surface area contributed by atoms with E-state index in [9.17, 15) is 0 Å². The van der Waals surface area contributed by atoms with Gasteiger partial charge in [0.05, 0.1) is 11.6 Å². The van der Waals surface area contributed by atoms with Gasteiger partial charge in [0.25, 0.3) is 0 Å². The highest BCUT2D eigenvalue weighted by Gasteiger charge is 2.04. The van der Waals surface area contributed by atoms with Crippen LogP contribution in [0.15, 0.2) is 16.6 Å². The number of nitrogens with two attached hydrogens (primary N) is 1. The summed E-state index contributed by atoms with van der Waals surface area (Å²) in [6.07, 6.45) is 0. The van der Waals surface area contributed by atoms with Crippen LogP contribution in [0.2, 0.25) is 0 Å². The van der Waals surface area contributed by atoms with Crippen molar-refractivity contribution in [2.75, 3.05) is 0 Å². The Morgan fingerprint density at radius 3 is 2.67 bits per heavy atom. The average Bonchev–Trinajstić information content (AvgIpc) is 2.03. The SMILES string of the molecule is N#Cc1cc(Br)c(CN)c(I)c1. The first kappa shape index (κ1) is 9.96. The summed E-state index contributed by atoms with van der Waals surface area (Å²) in [6.45, 7) is 0.491. The van der Waals surface area contributed by atoms with Crippen molar-refractivity contribution in [2.45, 2.75) is 6.54 Å². The van der Waals surface area contributed by atoms with Gasteiger partial charge in [0, 0.05) is 14.6 Å². The third-order valence-corrected chi connectivity index (χ3v) is 3.14. The zero-order chi connectivity index (χ0) is 9.14. The van der Waals surface area contributed by atoms with Gasteiger partial charge in [-0.2, -0.15) is 5.26 Å². The first-order chi connectivity index (χ1) is 5.69. The summed E-state index contributed by atoms with van der Waals surface area (Å²) in [5.74, 6) is 0. The van der Waals surface area contributed by atoms with E-state index in [0.717, 1.165) is 13.6 Å². The molecule has 1 aromatic carbocycles. The van der Waals surface area contributed by atoms with E-state index in [2.05, 4.69) is 44.6 Å². The van der Waals surface area contributed by atoms with Crippen LogP contribution in [0.25, 0.3) is 0 Å². The molecule has 0 bridgehead atoms. The lowest BCUT2D eigenvalue weighted by Crippen LogP contribution is -2.00. The molecule has 0 heterocycles. The maximum absolute atomic E-state index is 8.64. The van der Waals surface area contributed by atoms with Crippen LogP contribution in [-0.2, 0) is 6.54 Å². The molecule has 1 aromatic rings. The van der Waals surface area contributed by atoms with Crippen LogP contribution in [0, 0.1) is 14.9 Å². The van der Waals surface area contributed by atoms with E-state index in [1.54, 1.807) is 6.07 Å². The van der Waals surface area contributed by atoms with E-state index in [4.69, 9.17) is 11.0 Å². The Hall–Kier alpha value is -0.120. The van der Waals surface area contributed by atoms with Gasteiger partial charge in [-0.3, -0.25) is 0 Å². The normalized spacial score (nSPS) is 9.50. The summed E-state index contributed by atoms with van der Waals surface area (Å²) in [5.41, 5.74) is 7.23. The molecule has 2 N–H and O–H groups in total. The topological polar surface area (TPSA) is 49.8 Å². The zero-order valence-electron chi connectivity index (χ0n) is 6.14. The molecule has 1 rings (SSSR count). The van der Waals surface area contributed by atoms with Crippen LogP contribution < -0.4 is 5.73 Å². The number of nitriles is 1. The molecule has 0 atom stereocenters. The van der Waals surface area contributed by atoms with Gasteiger partial charge in [-0.25, -0.2) is 0 Å². The third kappa shape index (κ3) is 1.97. The number of hydrogen-bond donors (Lipinski definition) is 1. The first-order valence-corrected chi connectivity index (χ1v) is 5.14. The lowest BCUT2D eigenvalue weighted by atomic mass is 10.1. The molecule has 4 heteroatoms. The van der Waals surface area contributed by atoms with Crippen LogP contribution in [0.4, 0.5) is 0 Å². The van der Waals surface area contributed by atoms with Crippen LogP contribution in [0.3, 0.4) is 0 Å². The highest BCUT2D eigenvalue weighted by molar-refractivity contribution is 14.1. The fourth-order valence-corrected chi connectivity index (χ4v) is 2.70. The van der Waals surface area contributed by atoms with E-state index in [1.165, 1.54) is 0 Å². The van der Waals surface area contributed by atoms with Gasteiger partial charge in [0.2, 0.25) is 0 Å². The smallest absolute Gasteiger partial charge is 0.0992 e. The minimum atomic E-state index is 0.491. The minimum absolute atomic E-state index is 0.491. The van der Waals surface area contributed by atoms with Crippen LogP contribution in [0.5, 0.6) is 0 Å². The van der Waals surface area contributed by atoms with Crippen molar-refractivity contribution in [2.24, 2.45) is 5.73 Å². The molecule has 0 fully saturated rings. The summed E-state index contributed by atoms with van der Waals surface area (Å²) in [4.78, 5) is 0. The van der Waals surface area contributed by atoms with E-state index < -0.39 is 0 Å². The molecule has 2 nitrogen and oxygen atoms in total. The van der Waals surface area contributed by atoms with E-state index >= 15 is 0 Å². The molecule has 0 unspecified atom stereocenters. The highest BCUT2D eigenvalue weighted by Crippen LogP contribution is 2.23. The van der Waals surface area contributed by atoms with Crippen molar-refractivity contribution < 1.29 is 0 Å². The summed E-state index contributed by atoms with van der Waals surface area (Å²) in [6, 6.07) is 5.69. The maximum atomic E-state index is 8.64. The summed E-state index contributed by atoms with van der Waals surface area (Å²) < 4.78 is 1.94. The lowest BCUT2D eigenvalue weighted by Gasteiger charge is -2.04. The molecular formula is C8H6BrIN2. The Labute approximate surface area is 93.0 Å². The quantitative estimate of drug-likeness (QED) is 0.800. The third-order valence-electron chi connectivity index (χ3n) is 1.47. The second-order valence-corrected chi connectivity index (χ2v) is 4.25. The maximum Gasteiger partial charge on any atom is 0.0992 e. The fraction of sp³-hybridized carbons (Fsp3) is 0.125. The number of benzene rings is 1. The van der Waals surface area contributed by atoms with Crippen molar-refractivity contribution >= 4 is 38.5 Å². The van der Waals surface area contributed by atoms with Crippen molar-refractivity contribution in [3.05, 3.63) is 31.3 Å². The monoisotopic (exact) mass is 336 g/mol. The summed E-state index contributed by atoms with van der Waals surface area (Å²) in [5, 5.41) is 8.64. The lowest BCUT2D eigenvalue weighted by molar-refractivity contribution is 1.05. The Balaban J connectivity index is 3.30. The molecule has 0 aliphatic carbocycles. The molecule has 62 valence electrons. The number of hydrogen-bond acceptors (Lipinski definition) is 2. The molecule has 0 aliphatic heterocycles. The Morgan fingerprint density at radius 1 is 1.58 bits per heavy atom. The molecule has 0 radical (unpaired) electrons. The van der Waals surface area contributed by atoms with E-state index in [-0.39, 0.29) is 0 Å². The molecular weight excluding hydrogens is 331 g/mol.